The Labute approximate surface area is 126 Å². The average molecular weight is 317 g/mol. The lowest BCUT2D eigenvalue weighted by atomic mass is 9.99. The van der Waals surface area contributed by atoms with Gasteiger partial charge in [0.2, 0.25) is 0 Å². The average Bonchev–Trinajstić information content (AvgIpc) is 2.44. The first-order chi connectivity index (χ1) is 10.3. The Morgan fingerprint density at radius 2 is 2.18 bits per heavy atom. The van der Waals surface area contributed by atoms with Gasteiger partial charge in [0.25, 0.3) is 0 Å². The molecular formula is C15H18F3NO3. The van der Waals surface area contributed by atoms with E-state index < -0.39 is 17.7 Å². The maximum absolute atomic E-state index is 12.6. The van der Waals surface area contributed by atoms with Gasteiger partial charge in [-0.3, -0.25) is 9.69 Å². The number of carboxylic acids is 1. The van der Waals surface area contributed by atoms with E-state index in [1.807, 2.05) is 4.90 Å². The van der Waals surface area contributed by atoms with Gasteiger partial charge in [-0.05, 0) is 37.6 Å². The summed E-state index contributed by atoms with van der Waals surface area (Å²) in [7, 11) is 0. The maximum Gasteiger partial charge on any atom is 0.416 e. The Morgan fingerprint density at radius 3 is 2.86 bits per heavy atom. The fourth-order valence-electron chi connectivity index (χ4n) is 2.60. The maximum atomic E-state index is 12.6. The highest BCUT2D eigenvalue weighted by molar-refractivity contribution is 5.69. The third kappa shape index (κ3) is 4.91. The summed E-state index contributed by atoms with van der Waals surface area (Å²) < 4.78 is 43.3. The van der Waals surface area contributed by atoms with Crippen LogP contribution in [0.25, 0.3) is 0 Å². The zero-order chi connectivity index (χ0) is 16.2. The van der Waals surface area contributed by atoms with E-state index in [0.717, 1.165) is 31.5 Å². The third-order valence-corrected chi connectivity index (χ3v) is 3.61. The van der Waals surface area contributed by atoms with Gasteiger partial charge < -0.3 is 9.84 Å². The number of carbonyl (C=O) groups is 1. The van der Waals surface area contributed by atoms with Crippen LogP contribution in [0.1, 0.15) is 18.4 Å². The SMILES string of the molecule is O=C(O)CN1CCC[C@@H](COc2cccc(C(F)(F)F)c2)C1. The standard InChI is InChI=1S/C15H18F3NO3/c16-15(17,18)12-4-1-5-13(7-12)22-10-11-3-2-6-19(8-11)9-14(20)21/h1,4-5,7,11H,2-3,6,8-10H2,(H,20,21)/t11-/m1/s1. The van der Waals surface area contributed by atoms with Crippen molar-refractivity contribution in [2.24, 2.45) is 5.92 Å². The van der Waals surface area contributed by atoms with Crippen LogP contribution in [0.4, 0.5) is 13.2 Å². The number of aliphatic carboxylic acids is 1. The molecule has 1 aliphatic heterocycles. The zero-order valence-corrected chi connectivity index (χ0v) is 12.0. The topological polar surface area (TPSA) is 49.8 Å². The monoisotopic (exact) mass is 317 g/mol. The molecule has 1 aromatic rings. The summed E-state index contributed by atoms with van der Waals surface area (Å²) in [5, 5.41) is 8.79. The van der Waals surface area contributed by atoms with Gasteiger partial charge in [-0.15, -0.1) is 0 Å². The van der Waals surface area contributed by atoms with E-state index in [-0.39, 0.29) is 24.8 Å². The molecular weight excluding hydrogens is 299 g/mol. The first-order valence-electron chi connectivity index (χ1n) is 7.09. The summed E-state index contributed by atoms with van der Waals surface area (Å²) >= 11 is 0. The molecule has 0 amide bonds. The number of piperidine rings is 1. The second kappa shape index (κ2) is 7.00. The Balaban J connectivity index is 1.88. The minimum atomic E-state index is -4.39. The fourth-order valence-corrected chi connectivity index (χ4v) is 2.60. The molecule has 0 saturated carbocycles. The molecule has 2 rings (SSSR count). The summed E-state index contributed by atoms with van der Waals surface area (Å²) in [6.45, 7) is 1.59. The van der Waals surface area contributed by atoms with Gasteiger partial charge in [0.1, 0.15) is 5.75 Å². The van der Waals surface area contributed by atoms with Crippen molar-refractivity contribution < 1.29 is 27.8 Å². The van der Waals surface area contributed by atoms with Crippen LogP contribution in [0.3, 0.4) is 0 Å². The van der Waals surface area contributed by atoms with Gasteiger partial charge in [0.05, 0.1) is 18.7 Å². The Hall–Kier alpha value is -1.76. The lowest BCUT2D eigenvalue weighted by Crippen LogP contribution is -2.40. The van der Waals surface area contributed by atoms with Gasteiger partial charge in [0.15, 0.2) is 0 Å². The zero-order valence-electron chi connectivity index (χ0n) is 12.0. The van der Waals surface area contributed by atoms with Crippen molar-refractivity contribution >= 4 is 5.97 Å². The molecule has 0 bridgehead atoms. The number of alkyl halides is 3. The molecule has 1 atom stereocenters. The van der Waals surface area contributed by atoms with E-state index in [0.29, 0.717) is 6.54 Å². The molecule has 0 unspecified atom stereocenters. The number of likely N-dealkylation sites (tertiary alicyclic amines) is 1. The molecule has 0 aliphatic carbocycles. The molecule has 22 heavy (non-hydrogen) atoms. The van der Waals surface area contributed by atoms with E-state index in [2.05, 4.69) is 0 Å². The number of halogens is 3. The molecule has 1 saturated heterocycles. The van der Waals surface area contributed by atoms with Gasteiger partial charge in [0, 0.05) is 12.5 Å². The van der Waals surface area contributed by atoms with Crippen LogP contribution < -0.4 is 4.74 Å². The Kier molecular flexibility index (Phi) is 5.28. The number of benzene rings is 1. The number of carboxylic acid groups (broad SMARTS) is 1. The second-order valence-electron chi connectivity index (χ2n) is 5.47. The molecule has 1 heterocycles. The molecule has 122 valence electrons. The van der Waals surface area contributed by atoms with E-state index in [1.54, 1.807) is 0 Å². The number of hydrogen-bond donors (Lipinski definition) is 1. The smallest absolute Gasteiger partial charge is 0.416 e. The summed E-state index contributed by atoms with van der Waals surface area (Å²) in [4.78, 5) is 12.5. The van der Waals surface area contributed by atoms with Crippen LogP contribution in [0.15, 0.2) is 24.3 Å². The summed E-state index contributed by atoms with van der Waals surface area (Å²) in [5.41, 5.74) is -0.735. The molecule has 1 aromatic carbocycles. The fraction of sp³-hybridized carbons (Fsp3) is 0.533. The highest BCUT2D eigenvalue weighted by Gasteiger charge is 2.30. The highest BCUT2D eigenvalue weighted by Crippen LogP contribution is 2.31. The first-order valence-corrected chi connectivity index (χ1v) is 7.09. The van der Waals surface area contributed by atoms with Crippen molar-refractivity contribution in [3.05, 3.63) is 29.8 Å². The molecule has 0 spiro atoms. The number of ether oxygens (including phenoxy) is 1. The van der Waals surface area contributed by atoms with Crippen LogP contribution in [0.2, 0.25) is 0 Å². The van der Waals surface area contributed by atoms with Crippen molar-refractivity contribution in [1.82, 2.24) is 4.90 Å². The van der Waals surface area contributed by atoms with Crippen molar-refractivity contribution in [2.75, 3.05) is 26.2 Å². The minimum absolute atomic E-state index is 0.0138. The van der Waals surface area contributed by atoms with Crippen LogP contribution >= 0.6 is 0 Å². The van der Waals surface area contributed by atoms with E-state index >= 15 is 0 Å². The van der Waals surface area contributed by atoms with Crippen LogP contribution in [-0.4, -0.2) is 42.2 Å². The quantitative estimate of drug-likeness (QED) is 0.907. The molecule has 7 heteroatoms. The lowest BCUT2D eigenvalue weighted by Gasteiger charge is -2.31. The lowest BCUT2D eigenvalue weighted by molar-refractivity contribution is -0.139. The van der Waals surface area contributed by atoms with Crippen LogP contribution in [-0.2, 0) is 11.0 Å². The summed E-state index contributed by atoms with van der Waals surface area (Å²) in [5.74, 6) is -0.563. The largest absolute Gasteiger partial charge is 0.493 e. The van der Waals surface area contributed by atoms with Gasteiger partial charge >= 0.3 is 12.1 Å². The molecule has 0 aromatic heterocycles. The third-order valence-electron chi connectivity index (χ3n) is 3.61. The molecule has 1 N–H and O–H groups in total. The highest BCUT2D eigenvalue weighted by atomic mass is 19.4. The minimum Gasteiger partial charge on any atom is -0.493 e. The Bertz CT molecular complexity index is 519. The molecule has 0 radical (unpaired) electrons. The van der Waals surface area contributed by atoms with Crippen molar-refractivity contribution in [2.45, 2.75) is 19.0 Å². The van der Waals surface area contributed by atoms with Crippen LogP contribution in [0, 0.1) is 5.92 Å². The van der Waals surface area contributed by atoms with Gasteiger partial charge in [-0.25, -0.2) is 0 Å². The normalized spacial score (nSPS) is 19.9. The molecule has 4 nitrogen and oxygen atoms in total. The molecule has 1 aliphatic rings. The predicted octanol–water partition coefficient (Wildman–Crippen LogP) is 2.88. The summed E-state index contributed by atoms with van der Waals surface area (Å²) in [6.07, 6.45) is -2.64. The van der Waals surface area contributed by atoms with E-state index in [1.165, 1.54) is 12.1 Å². The number of hydrogen-bond acceptors (Lipinski definition) is 3. The predicted molar refractivity (Wildman–Crippen MR) is 73.7 cm³/mol. The van der Waals surface area contributed by atoms with E-state index in [9.17, 15) is 18.0 Å². The number of rotatable bonds is 5. The van der Waals surface area contributed by atoms with Crippen molar-refractivity contribution in [1.29, 1.82) is 0 Å². The van der Waals surface area contributed by atoms with Gasteiger partial charge in [-0.2, -0.15) is 13.2 Å². The van der Waals surface area contributed by atoms with Gasteiger partial charge in [-0.1, -0.05) is 6.07 Å². The van der Waals surface area contributed by atoms with Crippen LogP contribution in [0.5, 0.6) is 5.75 Å². The second-order valence-corrected chi connectivity index (χ2v) is 5.47. The number of nitrogens with zero attached hydrogens (tertiary/aromatic N) is 1. The Morgan fingerprint density at radius 1 is 1.41 bits per heavy atom. The van der Waals surface area contributed by atoms with E-state index in [4.69, 9.17) is 9.84 Å². The summed E-state index contributed by atoms with van der Waals surface area (Å²) in [6, 6.07) is 4.79. The first kappa shape index (κ1) is 16.6. The van der Waals surface area contributed by atoms with Crippen molar-refractivity contribution in [3.63, 3.8) is 0 Å². The van der Waals surface area contributed by atoms with Crippen molar-refractivity contribution in [3.8, 4) is 5.75 Å². The molecule has 1 fully saturated rings.